The summed E-state index contributed by atoms with van der Waals surface area (Å²) in [7, 11) is 0. The molecule has 0 aliphatic carbocycles. The third-order valence-electron chi connectivity index (χ3n) is 2.07. The summed E-state index contributed by atoms with van der Waals surface area (Å²) in [5, 5.41) is 4.25. The van der Waals surface area contributed by atoms with Crippen molar-refractivity contribution >= 4 is 11.3 Å². The van der Waals surface area contributed by atoms with Crippen LogP contribution in [0.4, 0.5) is 0 Å². The summed E-state index contributed by atoms with van der Waals surface area (Å²) >= 11 is 1.73. The average molecular weight is 198 g/mol. The van der Waals surface area contributed by atoms with Crippen LogP contribution in [0.15, 0.2) is 16.8 Å². The van der Waals surface area contributed by atoms with E-state index in [2.05, 4.69) is 16.8 Å². The number of hydrogen-bond donors (Lipinski definition) is 2. The summed E-state index contributed by atoms with van der Waals surface area (Å²) < 4.78 is 0. The smallest absolute Gasteiger partial charge is 0.00801 e. The zero-order valence-corrected chi connectivity index (χ0v) is 8.89. The second-order valence-corrected chi connectivity index (χ2v) is 4.43. The molecule has 0 spiro atoms. The molecule has 13 heavy (non-hydrogen) atoms. The number of thiophene rings is 1. The van der Waals surface area contributed by atoms with E-state index < -0.39 is 0 Å². The van der Waals surface area contributed by atoms with Gasteiger partial charge in [-0.3, -0.25) is 0 Å². The van der Waals surface area contributed by atoms with E-state index in [9.17, 15) is 0 Å². The van der Waals surface area contributed by atoms with Gasteiger partial charge >= 0.3 is 0 Å². The van der Waals surface area contributed by atoms with Crippen LogP contribution in [0.2, 0.25) is 0 Å². The van der Waals surface area contributed by atoms with Crippen molar-refractivity contribution in [3.63, 3.8) is 0 Å². The van der Waals surface area contributed by atoms with Gasteiger partial charge in [-0.05, 0) is 48.6 Å². The minimum absolute atomic E-state index is 0.264. The normalized spacial score (nSPS) is 15.6. The van der Waals surface area contributed by atoms with Crippen molar-refractivity contribution in [3.05, 3.63) is 22.4 Å². The van der Waals surface area contributed by atoms with Crippen molar-refractivity contribution in [1.29, 1.82) is 0 Å². The van der Waals surface area contributed by atoms with Gasteiger partial charge in [0.1, 0.15) is 0 Å². The van der Waals surface area contributed by atoms with Crippen LogP contribution in [0.3, 0.4) is 0 Å². The highest BCUT2D eigenvalue weighted by Gasteiger charge is 2.05. The fraction of sp³-hybridized carbons (Fsp3) is 0.600. The predicted molar refractivity (Wildman–Crippen MR) is 58.9 cm³/mol. The van der Waals surface area contributed by atoms with Crippen molar-refractivity contribution in [2.24, 2.45) is 11.5 Å². The number of nitrogens with two attached hydrogens (primary N) is 2. The molecule has 0 aliphatic rings. The molecule has 1 aromatic heterocycles. The molecule has 2 atom stereocenters. The van der Waals surface area contributed by atoms with Crippen LogP contribution in [-0.2, 0) is 6.42 Å². The van der Waals surface area contributed by atoms with Gasteiger partial charge < -0.3 is 11.5 Å². The highest BCUT2D eigenvalue weighted by atomic mass is 32.1. The van der Waals surface area contributed by atoms with Gasteiger partial charge in [0, 0.05) is 12.1 Å². The zero-order chi connectivity index (χ0) is 9.68. The first-order valence-corrected chi connectivity index (χ1v) is 5.65. The first-order chi connectivity index (χ1) is 6.18. The van der Waals surface area contributed by atoms with Gasteiger partial charge in [0.15, 0.2) is 0 Å². The summed E-state index contributed by atoms with van der Waals surface area (Å²) in [6.45, 7) is 2.03. The lowest BCUT2D eigenvalue weighted by molar-refractivity contribution is 0.536. The van der Waals surface area contributed by atoms with Crippen molar-refractivity contribution in [2.45, 2.75) is 38.3 Å². The lowest BCUT2D eigenvalue weighted by atomic mass is 10.0. The Hall–Kier alpha value is -0.380. The van der Waals surface area contributed by atoms with Crippen LogP contribution in [0.25, 0.3) is 0 Å². The minimum Gasteiger partial charge on any atom is -0.328 e. The fourth-order valence-electron chi connectivity index (χ4n) is 1.29. The van der Waals surface area contributed by atoms with E-state index >= 15 is 0 Å². The second-order valence-electron chi connectivity index (χ2n) is 3.65. The molecule has 0 aliphatic heterocycles. The van der Waals surface area contributed by atoms with E-state index in [0.29, 0.717) is 0 Å². The maximum atomic E-state index is 5.96. The average Bonchev–Trinajstić information content (AvgIpc) is 2.53. The minimum atomic E-state index is 0.264. The van der Waals surface area contributed by atoms with E-state index in [4.69, 9.17) is 11.5 Å². The lowest BCUT2D eigenvalue weighted by Crippen LogP contribution is -2.26. The molecular formula is C10H18N2S. The molecule has 0 amide bonds. The molecule has 4 N–H and O–H groups in total. The van der Waals surface area contributed by atoms with Gasteiger partial charge in [-0.1, -0.05) is 0 Å². The monoisotopic (exact) mass is 198 g/mol. The van der Waals surface area contributed by atoms with Crippen molar-refractivity contribution in [2.75, 3.05) is 0 Å². The fourth-order valence-corrected chi connectivity index (χ4v) is 1.97. The largest absolute Gasteiger partial charge is 0.328 e. The molecule has 2 unspecified atom stereocenters. The van der Waals surface area contributed by atoms with E-state index in [1.165, 1.54) is 5.56 Å². The van der Waals surface area contributed by atoms with Gasteiger partial charge in [0.25, 0.3) is 0 Å². The van der Waals surface area contributed by atoms with Crippen LogP contribution in [0.5, 0.6) is 0 Å². The standard InChI is InChI=1S/C10H18N2S/c1-8(11)2-3-10(12)6-9-4-5-13-7-9/h4-5,7-8,10H,2-3,6,11-12H2,1H3. The quantitative estimate of drug-likeness (QED) is 0.757. The molecule has 0 bridgehead atoms. The van der Waals surface area contributed by atoms with E-state index in [-0.39, 0.29) is 12.1 Å². The molecule has 3 heteroatoms. The Morgan fingerprint density at radius 1 is 1.38 bits per heavy atom. The van der Waals surface area contributed by atoms with Crippen LogP contribution < -0.4 is 11.5 Å². The Kier molecular flexibility index (Phi) is 4.42. The maximum Gasteiger partial charge on any atom is 0.00801 e. The van der Waals surface area contributed by atoms with Crippen LogP contribution in [-0.4, -0.2) is 12.1 Å². The molecule has 2 nitrogen and oxygen atoms in total. The SMILES string of the molecule is CC(N)CCC(N)Cc1ccsc1. The van der Waals surface area contributed by atoms with E-state index in [0.717, 1.165) is 19.3 Å². The van der Waals surface area contributed by atoms with Gasteiger partial charge in [0.2, 0.25) is 0 Å². The Morgan fingerprint density at radius 3 is 2.69 bits per heavy atom. The highest BCUT2D eigenvalue weighted by Crippen LogP contribution is 2.10. The van der Waals surface area contributed by atoms with Gasteiger partial charge in [-0.2, -0.15) is 11.3 Å². The molecule has 1 aromatic rings. The van der Waals surface area contributed by atoms with E-state index in [1.54, 1.807) is 11.3 Å². The van der Waals surface area contributed by atoms with Crippen LogP contribution in [0, 0.1) is 0 Å². The number of rotatable bonds is 5. The summed E-state index contributed by atoms with van der Waals surface area (Å²) in [5.41, 5.74) is 13.0. The zero-order valence-electron chi connectivity index (χ0n) is 8.07. The lowest BCUT2D eigenvalue weighted by Gasteiger charge is -2.11. The third kappa shape index (κ3) is 4.41. The number of hydrogen-bond acceptors (Lipinski definition) is 3. The Balaban J connectivity index is 2.22. The van der Waals surface area contributed by atoms with Gasteiger partial charge in [0.05, 0.1) is 0 Å². The first-order valence-electron chi connectivity index (χ1n) is 4.70. The molecular weight excluding hydrogens is 180 g/mol. The van der Waals surface area contributed by atoms with Crippen LogP contribution >= 0.6 is 11.3 Å². The molecule has 74 valence electrons. The molecule has 0 aromatic carbocycles. The first kappa shape index (κ1) is 10.7. The molecule has 0 radical (unpaired) electrons. The molecule has 0 saturated carbocycles. The summed E-state index contributed by atoms with van der Waals surface area (Å²) in [6.07, 6.45) is 3.02. The maximum absolute atomic E-state index is 5.96. The Labute approximate surface area is 83.9 Å². The second kappa shape index (κ2) is 5.37. The summed E-state index contributed by atoms with van der Waals surface area (Å²) in [4.78, 5) is 0. The molecule has 1 rings (SSSR count). The van der Waals surface area contributed by atoms with Crippen LogP contribution in [0.1, 0.15) is 25.3 Å². The topological polar surface area (TPSA) is 52.0 Å². The van der Waals surface area contributed by atoms with Crippen molar-refractivity contribution in [3.8, 4) is 0 Å². The van der Waals surface area contributed by atoms with E-state index in [1.807, 2.05) is 6.92 Å². The van der Waals surface area contributed by atoms with Gasteiger partial charge in [-0.15, -0.1) is 0 Å². The molecule has 0 saturated heterocycles. The summed E-state index contributed by atoms with van der Waals surface area (Å²) in [5.74, 6) is 0. The third-order valence-corrected chi connectivity index (χ3v) is 2.80. The van der Waals surface area contributed by atoms with Crippen molar-refractivity contribution < 1.29 is 0 Å². The Morgan fingerprint density at radius 2 is 2.15 bits per heavy atom. The summed E-state index contributed by atoms with van der Waals surface area (Å²) in [6, 6.07) is 2.67. The molecule has 0 fully saturated rings. The predicted octanol–water partition coefficient (Wildman–Crippen LogP) is 1.75. The molecule has 1 heterocycles. The van der Waals surface area contributed by atoms with Crippen molar-refractivity contribution in [1.82, 2.24) is 0 Å². The highest BCUT2D eigenvalue weighted by molar-refractivity contribution is 7.07. The van der Waals surface area contributed by atoms with Gasteiger partial charge in [-0.25, -0.2) is 0 Å². The Bertz CT molecular complexity index is 219.